The molecule has 0 spiro atoms. The molecule has 0 fully saturated rings. The van der Waals surface area contributed by atoms with Crippen LogP contribution in [0.5, 0.6) is 17.2 Å². The van der Waals surface area contributed by atoms with E-state index in [-0.39, 0.29) is 25.6 Å². The van der Waals surface area contributed by atoms with E-state index in [0.717, 1.165) is 4.47 Å². The van der Waals surface area contributed by atoms with Crippen molar-refractivity contribution in [2.24, 2.45) is 0 Å². The van der Waals surface area contributed by atoms with E-state index in [1.165, 1.54) is 14.2 Å². The van der Waals surface area contributed by atoms with Crippen molar-refractivity contribution in [1.82, 2.24) is 10.6 Å². The van der Waals surface area contributed by atoms with Crippen molar-refractivity contribution >= 4 is 27.7 Å². The highest BCUT2D eigenvalue weighted by Crippen LogP contribution is 2.36. The van der Waals surface area contributed by atoms with Gasteiger partial charge in [0.1, 0.15) is 12.7 Å². The summed E-state index contributed by atoms with van der Waals surface area (Å²) in [5.41, 5.74) is 0.436. The van der Waals surface area contributed by atoms with Crippen molar-refractivity contribution < 1.29 is 28.9 Å². The highest BCUT2D eigenvalue weighted by Gasteiger charge is 2.15. The number of ether oxygens (including phenoxy) is 3. The van der Waals surface area contributed by atoms with E-state index in [1.807, 2.05) is 0 Å². The smallest absolute Gasteiger partial charge is 0.251 e. The Hall–Kier alpha value is -2.78. The largest absolute Gasteiger partial charge is 0.493 e. The van der Waals surface area contributed by atoms with Crippen LogP contribution >= 0.6 is 15.9 Å². The number of amides is 2. The summed E-state index contributed by atoms with van der Waals surface area (Å²) in [6.45, 7) is -0.330. The van der Waals surface area contributed by atoms with Crippen LogP contribution in [0.1, 0.15) is 10.4 Å². The van der Waals surface area contributed by atoms with Gasteiger partial charge >= 0.3 is 0 Å². The summed E-state index contributed by atoms with van der Waals surface area (Å²) in [4.78, 5) is 23.9. The van der Waals surface area contributed by atoms with Gasteiger partial charge < -0.3 is 30.0 Å². The number of aliphatic hydroxyl groups excluding tert-OH is 1. The predicted octanol–water partition coefficient (Wildman–Crippen LogP) is 1.75. The molecule has 0 bridgehead atoms. The summed E-state index contributed by atoms with van der Waals surface area (Å²) in [7, 11) is 3.00. The van der Waals surface area contributed by atoms with Gasteiger partial charge in [0.05, 0.1) is 20.8 Å². The molecule has 0 saturated heterocycles. The Labute approximate surface area is 177 Å². The highest BCUT2D eigenvalue weighted by molar-refractivity contribution is 9.10. The highest BCUT2D eigenvalue weighted by atomic mass is 79.9. The lowest BCUT2D eigenvalue weighted by atomic mass is 10.2. The van der Waals surface area contributed by atoms with Gasteiger partial charge in [0.25, 0.3) is 5.91 Å². The van der Waals surface area contributed by atoms with Gasteiger partial charge in [-0.3, -0.25) is 9.59 Å². The maximum Gasteiger partial charge on any atom is 0.251 e. The molecule has 29 heavy (non-hydrogen) atoms. The summed E-state index contributed by atoms with van der Waals surface area (Å²) in [6, 6.07) is 12.0. The molecule has 2 rings (SSSR count). The number of methoxy groups -OCH3 is 2. The average molecular weight is 467 g/mol. The number of benzene rings is 2. The molecule has 0 radical (unpaired) electrons. The first-order valence-corrected chi connectivity index (χ1v) is 9.56. The van der Waals surface area contributed by atoms with E-state index in [0.29, 0.717) is 22.8 Å². The van der Waals surface area contributed by atoms with E-state index in [9.17, 15) is 14.7 Å². The predicted molar refractivity (Wildman–Crippen MR) is 111 cm³/mol. The normalized spacial score (nSPS) is 11.3. The molecule has 0 heterocycles. The fourth-order valence-corrected chi connectivity index (χ4v) is 2.78. The minimum atomic E-state index is -0.964. The van der Waals surface area contributed by atoms with E-state index >= 15 is 0 Å². The van der Waals surface area contributed by atoms with E-state index in [1.54, 1.807) is 42.5 Å². The Morgan fingerprint density at radius 3 is 2.34 bits per heavy atom. The number of hydrogen-bond acceptors (Lipinski definition) is 6. The van der Waals surface area contributed by atoms with Crippen LogP contribution in [0.2, 0.25) is 0 Å². The number of carbonyl (C=O) groups excluding carboxylic acids is 2. The molecule has 2 aromatic carbocycles. The quantitative estimate of drug-likeness (QED) is 0.492. The van der Waals surface area contributed by atoms with Crippen LogP contribution in [0, 0.1) is 0 Å². The first kappa shape index (κ1) is 22.5. The third-order valence-corrected chi connectivity index (χ3v) is 4.33. The number of aliphatic hydroxyl groups is 1. The van der Waals surface area contributed by atoms with Gasteiger partial charge in [0.15, 0.2) is 11.5 Å². The summed E-state index contributed by atoms with van der Waals surface area (Å²) < 4.78 is 16.8. The second kappa shape index (κ2) is 11.3. The van der Waals surface area contributed by atoms with Crippen LogP contribution in [0.3, 0.4) is 0 Å². The standard InChI is InChI=1S/C20H23BrN2O6/c1-27-16-7-4-8-17(28-2)19(16)29-12-15(24)10-22-18(25)11-23-20(26)13-5-3-6-14(21)9-13/h3-9,15,24H,10-12H2,1-2H3,(H,22,25)(H,23,26). The van der Waals surface area contributed by atoms with Crippen molar-refractivity contribution in [3.8, 4) is 17.2 Å². The molecule has 8 nitrogen and oxygen atoms in total. The van der Waals surface area contributed by atoms with Crippen LogP contribution in [-0.4, -0.2) is 56.9 Å². The first-order chi connectivity index (χ1) is 13.9. The van der Waals surface area contributed by atoms with Gasteiger partial charge in [-0.15, -0.1) is 0 Å². The number of hydrogen-bond donors (Lipinski definition) is 3. The molecule has 9 heteroatoms. The first-order valence-electron chi connectivity index (χ1n) is 8.77. The van der Waals surface area contributed by atoms with Crippen molar-refractivity contribution in [1.29, 1.82) is 0 Å². The van der Waals surface area contributed by atoms with Crippen LogP contribution in [0.25, 0.3) is 0 Å². The van der Waals surface area contributed by atoms with E-state index < -0.39 is 12.0 Å². The average Bonchev–Trinajstić information content (AvgIpc) is 2.74. The molecule has 0 aliphatic rings. The summed E-state index contributed by atoms with van der Waals surface area (Å²) in [5.74, 6) is 0.506. The Morgan fingerprint density at radius 1 is 1.07 bits per heavy atom. The van der Waals surface area contributed by atoms with Crippen LogP contribution < -0.4 is 24.8 Å². The zero-order chi connectivity index (χ0) is 21.2. The topological polar surface area (TPSA) is 106 Å². The zero-order valence-electron chi connectivity index (χ0n) is 16.1. The lowest BCUT2D eigenvalue weighted by molar-refractivity contribution is -0.120. The minimum absolute atomic E-state index is 0.0386. The van der Waals surface area contributed by atoms with Gasteiger partial charge in [-0.25, -0.2) is 0 Å². The molecule has 0 aliphatic carbocycles. The second-order valence-corrected chi connectivity index (χ2v) is 6.87. The summed E-state index contributed by atoms with van der Waals surface area (Å²) >= 11 is 3.29. The number of carbonyl (C=O) groups is 2. The Morgan fingerprint density at radius 2 is 1.72 bits per heavy atom. The minimum Gasteiger partial charge on any atom is -0.493 e. The van der Waals surface area contributed by atoms with Gasteiger partial charge in [0.2, 0.25) is 11.7 Å². The fraction of sp³-hybridized carbons (Fsp3) is 0.300. The van der Waals surface area contributed by atoms with Gasteiger partial charge in [-0.2, -0.15) is 0 Å². The van der Waals surface area contributed by atoms with Gasteiger partial charge in [-0.05, 0) is 30.3 Å². The third kappa shape index (κ3) is 6.95. The van der Waals surface area contributed by atoms with Crippen molar-refractivity contribution in [3.63, 3.8) is 0 Å². The van der Waals surface area contributed by atoms with E-state index in [4.69, 9.17) is 14.2 Å². The maximum atomic E-state index is 12.0. The second-order valence-electron chi connectivity index (χ2n) is 5.95. The fourth-order valence-electron chi connectivity index (χ4n) is 2.38. The molecule has 2 aromatic rings. The number of halogens is 1. The van der Waals surface area contributed by atoms with Crippen LogP contribution in [0.4, 0.5) is 0 Å². The Bertz CT molecular complexity index is 823. The van der Waals surface area contributed by atoms with Crippen molar-refractivity contribution in [2.45, 2.75) is 6.10 Å². The van der Waals surface area contributed by atoms with Gasteiger partial charge in [-0.1, -0.05) is 28.1 Å². The van der Waals surface area contributed by atoms with Crippen LogP contribution in [-0.2, 0) is 4.79 Å². The third-order valence-electron chi connectivity index (χ3n) is 3.83. The van der Waals surface area contributed by atoms with Crippen LogP contribution in [0.15, 0.2) is 46.9 Å². The molecule has 3 N–H and O–H groups in total. The molecule has 2 amide bonds. The molecule has 156 valence electrons. The number of rotatable bonds is 10. The Kier molecular flexibility index (Phi) is 8.75. The Balaban J connectivity index is 1.76. The number of para-hydroxylation sites is 1. The molecule has 0 aromatic heterocycles. The van der Waals surface area contributed by atoms with E-state index in [2.05, 4.69) is 26.6 Å². The molecular formula is C20H23BrN2O6. The maximum absolute atomic E-state index is 12.0. The molecule has 1 unspecified atom stereocenters. The monoisotopic (exact) mass is 466 g/mol. The summed E-state index contributed by atoms with van der Waals surface area (Å²) in [6.07, 6.45) is -0.964. The molecular weight excluding hydrogens is 444 g/mol. The van der Waals surface area contributed by atoms with Crippen molar-refractivity contribution in [2.75, 3.05) is 33.9 Å². The zero-order valence-corrected chi connectivity index (χ0v) is 17.7. The lowest BCUT2D eigenvalue weighted by Gasteiger charge is -2.17. The molecule has 0 aliphatic heterocycles. The van der Waals surface area contributed by atoms with Crippen molar-refractivity contribution in [3.05, 3.63) is 52.5 Å². The molecule has 1 atom stereocenters. The lowest BCUT2D eigenvalue weighted by Crippen LogP contribution is -2.41. The molecule has 0 saturated carbocycles. The SMILES string of the molecule is COc1cccc(OC)c1OCC(O)CNC(=O)CNC(=O)c1cccc(Br)c1. The summed E-state index contributed by atoms with van der Waals surface area (Å²) in [5, 5.41) is 15.1. The van der Waals surface area contributed by atoms with Gasteiger partial charge in [0, 0.05) is 16.6 Å². The number of nitrogens with one attached hydrogen (secondary N) is 2.